The van der Waals surface area contributed by atoms with Crippen LogP contribution in [0.1, 0.15) is 24.7 Å². The Hall–Kier alpha value is -1.98. The molecule has 0 fully saturated rings. The Bertz CT molecular complexity index is 523. The van der Waals surface area contributed by atoms with E-state index in [1.807, 2.05) is 6.92 Å². The van der Waals surface area contributed by atoms with E-state index in [1.165, 1.54) is 12.1 Å². The average Bonchev–Trinajstić information content (AvgIpc) is 2.78. The fourth-order valence-electron chi connectivity index (χ4n) is 1.69. The summed E-state index contributed by atoms with van der Waals surface area (Å²) in [6, 6.07) is 4.66. The molecule has 0 atom stereocenters. The predicted octanol–water partition coefficient (Wildman–Crippen LogP) is 2.14. The molecule has 0 saturated heterocycles. The number of benzene rings is 1. The molecule has 1 N–H and O–H groups in total. The van der Waals surface area contributed by atoms with Crippen LogP contribution < -0.4 is 5.32 Å². The van der Waals surface area contributed by atoms with Gasteiger partial charge in [-0.25, -0.2) is 9.07 Å². The van der Waals surface area contributed by atoms with Gasteiger partial charge in [-0.1, -0.05) is 13.0 Å². The van der Waals surface area contributed by atoms with Gasteiger partial charge in [0.1, 0.15) is 5.82 Å². The van der Waals surface area contributed by atoms with Crippen molar-refractivity contribution in [1.29, 1.82) is 0 Å². The van der Waals surface area contributed by atoms with Crippen molar-refractivity contribution in [3.8, 4) is 0 Å². The molecule has 0 aliphatic heterocycles. The van der Waals surface area contributed by atoms with Gasteiger partial charge in [0.05, 0.1) is 6.54 Å². The van der Waals surface area contributed by atoms with Crippen LogP contribution in [0, 0.1) is 12.7 Å². The quantitative estimate of drug-likeness (QED) is 0.882. The van der Waals surface area contributed by atoms with Gasteiger partial charge in [-0.15, -0.1) is 5.10 Å². The Morgan fingerprint density at radius 2 is 2.22 bits per heavy atom. The van der Waals surface area contributed by atoms with E-state index in [2.05, 4.69) is 27.8 Å². The molecule has 0 saturated carbocycles. The minimum absolute atomic E-state index is 0.253. The molecule has 0 bridgehead atoms. The largest absolute Gasteiger partial charge is 0.377 e. The highest BCUT2D eigenvalue weighted by atomic mass is 19.1. The number of halogens is 1. The molecular formula is C12H16FN5. The van der Waals surface area contributed by atoms with E-state index in [0.717, 1.165) is 30.0 Å². The molecule has 2 aromatic rings. The van der Waals surface area contributed by atoms with E-state index >= 15 is 0 Å². The highest BCUT2D eigenvalue weighted by molar-refractivity contribution is 5.50. The van der Waals surface area contributed by atoms with Crippen molar-refractivity contribution < 1.29 is 4.39 Å². The minimum Gasteiger partial charge on any atom is -0.377 e. The van der Waals surface area contributed by atoms with Gasteiger partial charge in [0.15, 0.2) is 5.82 Å². The molecule has 1 aromatic heterocycles. The Kier molecular flexibility index (Phi) is 3.86. The van der Waals surface area contributed by atoms with Crippen molar-refractivity contribution in [3.05, 3.63) is 35.4 Å². The second-order valence-electron chi connectivity index (χ2n) is 4.13. The maximum atomic E-state index is 13.1. The summed E-state index contributed by atoms with van der Waals surface area (Å²) >= 11 is 0. The molecule has 2 rings (SSSR count). The van der Waals surface area contributed by atoms with Gasteiger partial charge in [0.25, 0.3) is 0 Å². The maximum Gasteiger partial charge on any atom is 0.170 e. The van der Waals surface area contributed by atoms with Crippen LogP contribution in [-0.2, 0) is 13.1 Å². The number of aromatic nitrogens is 4. The van der Waals surface area contributed by atoms with Crippen LogP contribution in [0.15, 0.2) is 18.2 Å². The fraction of sp³-hybridized carbons (Fsp3) is 0.417. The number of nitrogens with zero attached hydrogens (tertiary/aromatic N) is 4. The molecular weight excluding hydrogens is 233 g/mol. The highest BCUT2D eigenvalue weighted by Gasteiger charge is 2.06. The molecule has 5 nitrogen and oxygen atoms in total. The zero-order chi connectivity index (χ0) is 13.0. The van der Waals surface area contributed by atoms with Crippen molar-refractivity contribution in [2.24, 2.45) is 0 Å². The molecule has 1 heterocycles. The van der Waals surface area contributed by atoms with Crippen LogP contribution in [0.25, 0.3) is 0 Å². The molecule has 18 heavy (non-hydrogen) atoms. The Morgan fingerprint density at radius 1 is 1.39 bits per heavy atom. The van der Waals surface area contributed by atoms with E-state index in [1.54, 1.807) is 10.7 Å². The van der Waals surface area contributed by atoms with Gasteiger partial charge < -0.3 is 5.32 Å². The maximum absolute atomic E-state index is 13.1. The lowest BCUT2D eigenvalue weighted by Crippen LogP contribution is -2.10. The third kappa shape index (κ3) is 2.82. The highest BCUT2D eigenvalue weighted by Crippen LogP contribution is 2.16. The van der Waals surface area contributed by atoms with Crippen molar-refractivity contribution >= 4 is 5.69 Å². The number of rotatable bonds is 5. The number of nitrogens with one attached hydrogen (secondary N) is 1. The molecule has 0 spiro atoms. The summed E-state index contributed by atoms with van der Waals surface area (Å²) in [5.41, 5.74) is 1.76. The van der Waals surface area contributed by atoms with Gasteiger partial charge in [0, 0.05) is 12.2 Å². The zero-order valence-electron chi connectivity index (χ0n) is 10.5. The van der Waals surface area contributed by atoms with Crippen molar-refractivity contribution in [2.75, 3.05) is 5.32 Å². The first-order valence-corrected chi connectivity index (χ1v) is 5.95. The lowest BCUT2D eigenvalue weighted by Gasteiger charge is -2.09. The summed E-state index contributed by atoms with van der Waals surface area (Å²) in [7, 11) is 0. The zero-order valence-corrected chi connectivity index (χ0v) is 10.5. The standard InChI is InChI=1S/C12H16FN5/c1-3-6-18-12(15-16-17-18)8-14-11-7-10(13)5-4-9(11)2/h4-5,7,14H,3,6,8H2,1-2H3. The summed E-state index contributed by atoms with van der Waals surface area (Å²) < 4.78 is 14.9. The van der Waals surface area contributed by atoms with Gasteiger partial charge in [-0.2, -0.15) is 0 Å². The van der Waals surface area contributed by atoms with E-state index in [9.17, 15) is 4.39 Å². The van der Waals surface area contributed by atoms with Gasteiger partial charge in [-0.05, 0) is 41.5 Å². The molecule has 0 amide bonds. The normalized spacial score (nSPS) is 10.6. The van der Waals surface area contributed by atoms with Crippen LogP contribution in [0.5, 0.6) is 0 Å². The van der Waals surface area contributed by atoms with Gasteiger partial charge in [0.2, 0.25) is 0 Å². The summed E-state index contributed by atoms with van der Waals surface area (Å²) in [6.07, 6.45) is 0.969. The first-order valence-electron chi connectivity index (χ1n) is 5.95. The predicted molar refractivity (Wildman–Crippen MR) is 66.6 cm³/mol. The van der Waals surface area contributed by atoms with Gasteiger partial charge in [-0.3, -0.25) is 0 Å². The second-order valence-corrected chi connectivity index (χ2v) is 4.13. The lowest BCUT2D eigenvalue weighted by molar-refractivity contribution is 0.558. The lowest BCUT2D eigenvalue weighted by atomic mass is 10.2. The Labute approximate surface area is 105 Å². The topological polar surface area (TPSA) is 55.6 Å². The van der Waals surface area contributed by atoms with E-state index in [-0.39, 0.29) is 5.82 Å². The summed E-state index contributed by atoms with van der Waals surface area (Å²) in [4.78, 5) is 0. The smallest absolute Gasteiger partial charge is 0.170 e. The Balaban J connectivity index is 2.06. The first kappa shape index (κ1) is 12.5. The molecule has 0 radical (unpaired) electrons. The number of hydrogen-bond donors (Lipinski definition) is 1. The Morgan fingerprint density at radius 3 is 3.00 bits per heavy atom. The third-order valence-corrected chi connectivity index (χ3v) is 2.68. The molecule has 0 unspecified atom stereocenters. The van der Waals surface area contributed by atoms with Crippen LogP contribution in [0.2, 0.25) is 0 Å². The summed E-state index contributed by atoms with van der Waals surface area (Å²) in [5, 5.41) is 14.6. The molecule has 1 aromatic carbocycles. The molecule has 0 aliphatic carbocycles. The van der Waals surface area contributed by atoms with Crippen LogP contribution >= 0.6 is 0 Å². The first-order chi connectivity index (χ1) is 8.70. The number of aryl methyl sites for hydroxylation is 2. The molecule has 96 valence electrons. The minimum atomic E-state index is -0.253. The van der Waals surface area contributed by atoms with Crippen LogP contribution in [0.4, 0.5) is 10.1 Å². The van der Waals surface area contributed by atoms with Crippen LogP contribution in [-0.4, -0.2) is 20.2 Å². The monoisotopic (exact) mass is 249 g/mol. The van der Waals surface area contributed by atoms with Crippen LogP contribution in [0.3, 0.4) is 0 Å². The number of anilines is 1. The third-order valence-electron chi connectivity index (χ3n) is 2.68. The molecule has 0 aliphatic rings. The van der Waals surface area contributed by atoms with Crippen molar-refractivity contribution in [3.63, 3.8) is 0 Å². The average molecular weight is 249 g/mol. The van der Waals surface area contributed by atoms with E-state index in [0.29, 0.717) is 6.54 Å². The van der Waals surface area contributed by atoms with Crippen molar-refractivity contribution in [1.82, 2.24) is 20.2 Å². The van der Waals surface area contributed by atoms with Gasteiger partial charge >= 0.3 is 0 Å². The second kappa shape index (κ2) is 5.57. The van der Waals surface area contributed by atoms with E-state index in [4.69, 9.17) is 0 Å². The van der Waals surface area contributed by atoms with E-state index < -0.39 is 0 Å². The fourth-order valence-corrected chi connectivity index (χ4v) is 1.69. The number of tetrazole rings is 1. The SMILES string of the molecule is CCCn1nnnc1CNc1cc(F)ccc1C. The number of hydrogen-bond acceptors (Lipinski definition) is 4. The summed E-state index contributed by atoms with van der Waals surface area (Å²) in [6.45, 7) is 5.26. The summed E-state index contributed by atoms with van der Waals surface area (Å²) in [5.74, 6) is 0.497. The molecule has 6 heteroatoms. The van der Waals surface area contributed by atoms with Crippen molar-refractivity contribution in [2.45, 2.75) is 33.4 Å².